The zero-order chi connectivity index (χ0) is 16.0. The Balaban J connectivity index is 1.63. The zero-order valence-corrected chi connectivity index (χ0v) is 13.1. The second-order valence-corrected chi connectivity index (χ2v) is 7.36. The first-order valence-electron chi connectivity index (χ1n) is 7.35. The van der Waals surface area contributed by atoms with Crippen molar-refractivity contribution in [1.29, 1.82) is 0 Å². The van der Waals surface area contributed by atoms with Crippen LogP contribution in [0, 0.1) is 5.92 Å². The van der Waals surface area contributed by atoms with Crippen molar-refractivity contribution in [3.8, 4) is 0 Å². The van der Waals surface area contributed by atoms with Gasteiger partial charge in [0.15, 0.2) is 0 Å². The molecule has 1 aromatic heterocycles. The van der Waals surface area contributed by atoms with E-state index in [1.807, 2.05) is 0 Å². The normalized spacial score (nSPS) is 21.9. The minimum Gasteiger partial charge on any atom is -0.364 e. The van der Waals surface area contributed by atoms with Gasteiger partial charge in [-0.2, -0.15) is 0 Å². The molecule has 8 nitrogen and oxygen atoms in total. The summed E-state index contributed by atoms with van der Waals surface area (Å²) >= 11 is 0. The van der Waals surface area contributed by atoms with Crippen molar-refractivity contribution in [2.75, 3.05) is 13.1 Å². The highest BCUT2D eigenvalue weighted by atomic mass is 32.2. The molecule has 1 heterocycles. The maximum atomic E-state index is 11.8. The molecule has 22 heavy (non-hydrogen) atoms. The van der Waals surface area contributed by atoms with Crippen LogP contribution >= 0.6 is 0 Å². The molecule has 0 bridgehead atoms. The highest BCUT2D eigenvalue weighted by molar-refractivity contribution is 7.88. The summed E-state index contributed by atoms with van der Waals surface area (Å²) in [7, 11) is -3.48. The van der Waals surface area contributed by atoms with E-state index in [1.54, 1.807) is 0 Å². The van der Waals surface area contributed by atoms with Gasteiger partial charge < -0.3 is 15.6 Å². The van der Waals surface area contributed by atoms with Crippen molar-refractivity contribution in [1.82, 2.24) is 15.2 Å². The fourth-order valence-corrected chi connectivity index (χ4v) is 3.65. The summed E-state index contributed by atoms with van der Waals surface area (Å²) in [6.45, 7) is 0.390. The molecule has 9 heteroatoms. The van der Waals surface area contributed by atoms with Crippen LogP contribution in [0.4, 0.5) is 0 Å². The van der Waals surface area contributed by atoms with E-state index >= 15 is 0 Å². The van der Waals surface area contributed by atoms with Gasteiger partial charge in [0.25, 0.3) is 0 Å². The van der Waals surface area contributed by atoms with Crippen LogP contribution in [-0.2, 0) is 20.6 Å². The number of nitrogens with two attached hydrogens (primary N) is 1. The Hall–Kier alpha value is -1.45. The van der Waals surface area contributed by atoms with Gasteiger partial charge in [-0.1, -0.05) is 11.6 Å². The highest BCUT2D eigenvalue weighted by Crippen LogP contribution is 2.26. The highest BCUT2D eigenvalue weighted by Gasteiger charge is 2.25. The second kappa shape index (κ2) is 7.70. The Labute approximate surface area is 129 Å². The van der Waals surface area contributed by atoms with Gasteiger partial charge in [-0.15, -0.1) is 0 Å². The van der Waals surface area contributed by atoms with Gasteiger partial charge in [-0.25, -0.2) is 13.1 Å². The second-order valence-electron chi connectivity index (χ2n) is 5.55. The van der Waals surface area contributed by atoms with E-state index in [2.05, 4.69) is 19.7 Å². The van der Waals surface area contributed by atoms with Crippen molar-refractivity contribution < 1.29 is 17.7 Å². The molecule has 2 atom stereocenters. The lowest BCUT2D eigenvalue weighted by Gasteiger charge is -2.14. The largest absolute Gasteiger partial charge is 0.364 e. The summed E-state index contributed by atoms with van der Waals surface area (Å²) < 4.78 is 30.5. The van der Waals surface area contributed by atoms with Crippen LogP contribution in [0.15, 0.2) is 16.9 Å². The maximum absolute atomic E-state index is 11.8. The van der Waals surface area contributed by atoms with E-state index < -0.39 is 10.0 Å². The molecule has 1 aliphatic carbocycles. The van der Waals surface area contributed by atoms with Gasteiger partial charge in [0.1, 0.15) is 12.0 Å². The van der Waals surface area contributed by atoms with E-state index in [-0.39, 0.29) is 36.7 Å². The van der Waals surface area contributed by atoms with Crippen molar-refractivity contribution in [3.05, 3.63) is 18.0 Å². The van der Waals surface area contributed by atoms with Gasteiger partial charge in [-0.3, -0.25) is 4.79 Å². The first-order chi connectivity index (χ1) is 10.5. The quantitative estimate of drug-likeness (QED) is 0.563. The lowest BCUT2D eigenvalue weighted by atomic mass is 10.00. The summed E-state index contributed by atoms with van der Waals surface area (Å²) in [5.74, 6) is -0.0871. The van der Waals surface area contributed by atoms with Crippen LogP contribution in [0.25, 0.3) is 0 Å². The molecule has 1 amide bonds. The third-order valence-corrected chi connectivity index (χ3v) is 5.08. The number of rotatable bonds is 8. The number of nitrogens with zero attached hydrogens (tertiary/aromatic N) is 1. The first-order valence-corrected chi connectivity index (χ1v) is 9.00. The van der Waals surface area contributed by atoms with Crippen LogP contribution in [0.5, 0.6) is 0 Å². The third kappa shape index (κ3) is 5.39. The summed E-state index contributed by atoms with van der Waals surface area (Å²) in [4.78, 5) is 11.8. The number of carbonyl (C=O) groups is 1. The molecular formula is C13H22N4O4S. The lowest BCUT2D eigenvalue weighted by Crippen LogP contribution is -2.37. The number of hydrogen-bond donors (Lipinski definition) is 3. The summed E-state index contributed by atoms with van der Waals surface area (Å²) in [6.07, 6.45) is 4.76. The molecule has 1 aliphatic rings. The lowest BCUT2D eigenvalue weighted by molar-refractivity contribution is -0.122. The SMILES string of the molecule is N[C@@H]1CCC[C@H]1CC(=O)NCCNS(=O)(=O)Cc1ccon1. The summed E-state index contributed by atoms with van der Waals surface area (Å²) in [5.41, 5.74) is 6.26. The molecule has 0 saturated heterocycles. The van der Waals surface area contributed by atoms with E-state index in [9.17, 15) is 13.2 Å². The van der Waals surface area contributed by atoms with Crippen molar-refractivity contribution >= 4 is 15.9 Å². The van der Waals surface area contributed by atoms with Gasteiger partial charge in [0, 0.05) is 31.6 Å². The van der Waals surface area contributed by atoms with Crippen LogP contribution < -0.4 is 15.8 Å². The van der Waals surface area contributed by atoms with Crippen LogP contribution in [0.2, 0.25) is 0 Å². The number of carbonyl (C=O) groups excluding carboxylic acids is 1. The van der Waals surface area contributed by atoms with Crippen LogP contribution in [-0.4, -0.2) is 38.6 Å². The number of nitrogens with one attached hydrogen (secondary N) is 2. The fourth-order valence-electron chi connectivity index (χ4n) is 2.60. The fraction of sp³-hybridized carbons (Fsp3) is 0.692. The number of aromatic nitrogens is 1. The van der Waals surface area contributed by atoms with Crippen molar-refractivity contribution in [2.45, 2.75) is 37.5 Å². The van der Waals surface area contributed by atoms with Crippen molar-refractivity contribution in [3.63, 3.8) is 0 Å². The monoisotopic (exact) mass is 330 g/mol. The molecule has 124 valence electrons. The summed E-state index contributed by atoms with van der Waals surface area (Å²) in [6, 6.07) is 1.60. The molecule has 1 fully saturated rings. The smallest absolute Gasteiger partial charge is 0.220 e. The van der Waals surface area contributed by atoms with Gasteiger partial charge >= 0.3 is 0 Å². The standard InChI is InChI=1S/C13H22N4O4S/c14-12-3-1-2-10(12)8-13(18)15-5-6-16-22(19,20)9-11-4-7-21-17-11/h4,7,10,12,16H,1-3,5-6,8-9,14H2,(H,15,18)/t10-,12+/m0/s1. The average molecular weight is 330 g/mol. The van der Waals surface area contributed by atoms with E-state index in [1.165, 1.54) is 12.3 Å². The number of sulfonamides is 1. The Bertz CT molecular complexity index is 573. The van der Waals surface area contributed by atoms with Gasteiger partial charge in [-0.05, 0) is 18.8 Å². The van der Waals surface area contributed by atoms with Gasteiger partial charge in [0.2, 0.25) is 15.9 Å². The zero-order valence-electron chi connectivity index (χ0n) is 12.3. The maximum Gasteiger partial charge on any atom is 0.220 e. The molecule has 0 aromatic carbocycles. The Morgan fingerprint density at radius 1 is 1.41 bits per heavy atom. The van der Waals surface area contributed by atoms with Gasteiger partial charge in [0.05, 0.1) is 5.69 Å². The van der Waals surface area contributed by atoms with E-state index in [0.717, 1.165) is 19.3 Å². The average Bonchev–Trinajstić information content (AvgIpc) is 3.07. The summed E-state index contributed by atoms with van der Waals surface area (Å²) in [5, 5.41) is 6.25. The molecule has 0 aliphatic heterocycles. The molecule has 0 unspecified atom stereocenters. The minimum atomic E-state index is -3.48. The Kier molecular flexibility index (Phi) is 5.92. The number of hydrogen-bond acceptors (Lipinski definition) is 6. The first kappa shape index (κ1) is 16.9. The molecule has 2 rings (SSSR count). The molecule has 1 aromatic rings. The molecule has 1 saturated carbocycles. The van der Waals surface area contributed by atoms with E-state index in [4.69, 9.17) is 5.73 Å². The van der Waals surface area contributed by atoms with Crippen molar-refractivity contribution in [2.24, 2.45) is 11.7 Å². The molecule has 0 radical (unpaired) electrons. The third-order valence-electron chi connectivity index (χ3n) is 3.76. The Morgan fingerprint density at radius 2 is 2.23 bits per heavy atom. The minimum absolute atomic E-state index is 0.0851. The molecule has 4 N–H and O–H groups in total. The Morgan fingerprint density at radius 3 is 2.86 bits per heavy atom. The predicted octanol–water partition coefficient (Wildman–Crippen LogP) is -0.272. The van der Waals surface area contributed by atoms with Crippen LogP contribution in [0.1, 0.15) is 31.4 Å². The van der Waals surface area contributed by atoms with E-state index in [0.29, 0.717) is 12.1 Å². The molecular weight excluding hydrogens is 308 g/mol. The molecule has 0 spiro atoms. The predicted molar refractivity (Wildman–Crippen MR) is 80.1 cm³/mol. The van der Waals surface area contributed by atoms with Crippen LogP contribution in [0.3, 0.4) is 0 Å². The number of amides is 1. The topological polar surface area (TPSA) is 127 Å².